The Morgan fingerprint density at radius 3 is 2.09 bits per heavy atom. The first kappa shape index (κ1) is 19.2. The molecule has 1 aliphatic rings. The first-order valence-corrected chi connectivity index (χ1v) is 9.44. The fourth-order valence-electron chi connectivity index (χ4n) is 3.35. The van der Waals surface area contributed by atoms with Crippen LogP contribution in [0.4, 0.5) is 0 Å². The van der Waals surface area contributed by atoms with Gasteiger partial charge in [-0.2, -0.15) is 0 Å². The van der Waals surface area contributed by atoms with E-state index < -0.39 is 0 Å². The lowest BCUT2D eigenvalue weighted by molar-refractivity contribution is 0.296. The largest absolute Gasteiger partial charge is 0.316 e. The van der Waals surface area contributed by atoms with E-state index in [0.29, 0.717) is 0 Å². The molecular weight excluding hydrogens is 266 g/mol. The molecule has 1 heteroatoms. The highest BCUT2D eigenvalue weighted by molar-refractivity contribution is 5.19. The summed E-state index contributed by atoms with van der Waals surface area (Å²) in [5.41, 5.74) is 1.52. The van der Waals surface area contributed by atoms with Gasteiger partial charge in [-0.25, -0.2) is 0 Å². The minimum Gasteiger partial charge on any atom is -0.316 e. The average molecular weight is 304 g/mol. The van der Waals surface area contributed by atoms with Gasteiger partial charge in [0.2, 0.25) is 0 Å². The van der Waals surface area contributed by atoms with E-state index in [4.69, 9.17) is 0 Å². The van der Waals surface area contributed by atoms with Crippen LogP contribution in [0.3, 0.4) is 0 Å². The number of hydrogen-bond acceptors (Lipinski definition) is 1. The summed E-state index contributed by atoms with van der Waals surface area (Å²) < 4.78 is 0. The fraction of sp³-hybridized carbons (Fsp3) is 0.714. The van der Waals surface area contributed by atoms with E-state index >= 15 is 0 Å². The number of hydrogen-bond donors (Lipinski definition) is 1. The lowest BCUT2D eigenvalue weighted by Gasteiger charge is -2.25. The molecule has 1 aromatic rings. The van der Waals surface area contributed by atoms with Crippen LogP contribution in [-0.2, 0) is 0 Å². The van der Waals surface area contributed by atoms with Crippen LogP contribution in [0.2, 0.25) is 0 Å². The van der Waals surface area contributed by atoms with Crippen molar-refractivity contribution < 1.29 is 0 Å². The summed E-state index contributed by atoms with van der Waals surface area (Å²) in [7, 11) is 0. The lowest BCUT2D eigenvalue weighted by Crippen LogP contribution is -2.32. The van der Waals surface area contributed by atoms with Gasteiger partial charge in [0.15, 0.2) is 0 Å². The second-order valence-electron chi connectivity index (χ2n) is 7.04. The number of benzene rings is 1. The molecule has 1 atom stereocenters. The van der Waals surface area contributed by atoms with Crippen LogP contribution in [0.15, 0.2) is 30.3 Å². The highest BCUT2D eigenvalue weighted by atomic mass is 14.9. The van der Waals surface area contributed by atoms with Crippen molar-refractivity contribution in [3.63, 3.8) is 0 Å². The summed E-state index contributed by atoms with van der Waals surface area (Å²) in [6, 6.07) is 10.9. The molecule has 0 amide bonds. The predicted octanol–water partition coefficient (Wildman–Crippen LogP) is 6.01. The first-order chi connectivity index (χ1) is 10.7. The van der Waals surface area contributed by atoms with Crippen LogP contribution in [0.25, 0.3) is 0 Å². The second-order valence-corrected chi connectivity index (χ2v) is 7.04. The van der Waals surface area contributed by atoms with E-state index in [-0.39, 0.29) is 0 Å². The van der Waals surface area contributed by atoms with Gasteiger partial charge in [0.1, 0.15) is 0 Å². The molecule has 1 aliphatic heterocycles. The minimum absolute atomic E-state index is 0.788. The van der Waals surface area contributed by atoms with E-state index in [1.807, 2.05) is 0 Å². The molecule has 0 radical (unpaired) electrons. The van der Waals surface area contributed by atoms with Crippen molar-refractivity contribution in [2.45, 2.75) is 72.1 Å². The number of nitrogens with one attached hydrogen (secondary N) is 1. The molecule has 0 aromatic heterocycles. The Morgan fingerprint density at radius 2 is 1.68 bits per heavy atom. The van der Waals surface area contributed by atoms with Crippen LogP contribution in [0, 0.1) is 11.8 Å². The fourth-order valence-corrected chi connectivity index (χ4v) is 3.35. The summed E-state index contributed by atoms with van der Waals surface area (Å²) in [6.07, 6.45) is 8.06. The average Bonchev–Trinajstić information content (AvgIpc) is 2.57. The number of rotatable bonds is 6. The molecule has 1 fully saturated rings. The third-order valence-corrected chi connectivity index (χ3v) is 4.82. The third-order valence-electron chi connectivity index (χ3n) is 4.82. The van der Waals surface area contributed by atoms with E-state index in [0.717, 1.165) is 17.8 Å². The molecule has 0 spiro atoms. The van der Waals surface area contributed by atoms with Crippen molar-refractivity contribution in [2.24, 2.45) is 11.8 Å². The normalized spacial score (nSPS) is 18.2. The second kappa shape index (κ2) is 11.7. The van der Waals surface area contributed by atoms with Crippen molar-refractivity contribution in [1.29, 1.82) is 0 Å². The van der Waals surface area contributed by atoms with Crippen molar-refractivity contribution >= 4 is 0 Å². The molecule has 1 N–H and O–H groups in total. The molecule has 2 rings (SSSR count). The zero-order valence-corrected chi connectivity index (χ0v) is 15.3. The monoisotopic (exact) mass is 303 g/mol. The van der Waals surface area contributed by atoms with Gasteiger partial charge in [-0.05, 0) is 62.1 Å². The molecule has 1 nitrogen and oxygen atoms in total. The van der Waals surface area contributed by atoms with Crippen LogP contribution >= 0.6 is 0 Å². The quantitative estimate of drug-likeness (QED) is 0.678. The smallest absolute Gasteiger partial charge is 0.00181 e. The predicted molar refractivity (Wildman–Crippen MR) is 99.4 cm³/mol. The summed E-state index contributed by atoms with van der Waals surface area (Å²) >= 11 is 0. The molecule has 1 aromatic carbocycles. The van der Waals surface area contributed by atoms with Gasteiger partial charge in [-0.3, -0.25) is 0 Å². The molecule has 0 aliphatic carbocycles. The zero-order chi connectivity index (χ0) is 16.2. The third kappa shape index (κ3) is 7.45. The van der Waals surface area contributed by atoms with E-state index in [1.54, 1.807) is 0 Å². The molecular formula is C21H37N. The Kier molecular flexibility index (Phi) is 10.2. The Hall–Kier alpha value is -0.820. The van der Waals surface area contributed by atoms with Gasteiger partial charge in [0, 0.05) is 0 Å². The first-order valence-electron chi connectivity index (χ1n) is 9.44. The summed E-state index contributed by atoms with van der Waals surface area (Å²) in [6.45, 7) is 11.7. The van der Waals surface area contributed by atoms with Gasteiger partial charge in [0.25, 0.3) is 0 Å². The standard InChI is InChI=1S/C13H20.C8H17N/c1-3-8-12(9-4-2)13-10-6-5-7-11-13;1-7(2)8-4-3-5-9-6-8/h5-7,10-12H,3-4,8-9H2,1-2H3;7-9H,3-6H2,1-2H3. The highest BCUT2D eigenvalue weighted by Gasteiger charge is 2.15. The Bertz CT molecular complexity index is 345. The Labute approximate surface area is 138 Å². The van der Waals surface area contributed by atoms with Crippen molar-refractivity contribution in [3.8, 4) is 0 Å². The maximum atomic E-state index is 3.42. The van der Waals surface area contributed by atoms with Crippen LogP contribution in [0.5, 0.6) is 0 Å². The highest BCUT2D eigenvalue weighted by Crippen LogP contribution is 2.25. The molecule has 126 valence electrons. The molecule has 1 saturated heterocycles. The minimum atomic E-state index is 0.788. The van der Waals surface area contributed by atoms with Crippen LogP contribution < -0.4 is 5.32 Å². The van der Waals surface area contributed by atoms with Gasteiger partial charge in [-0.15, -0.1) is 0 Å². The maximum Gasteiger partial charge on any atom is -0.00181 e. The van der Waals surface area contributed by atoms with E-state index in [1.165, 1.54) is 57.2 Å². The van der Waals surface area contributed by atoms with Crippen molar-refractivity contribution in [3.05, 3.63) is 35.9 Å². The van der Waals surface area contributed by atoms with Crippen molar-refractivity contribution in [1.82, 2.24) is 5.32 Å². The summed E-state index contributed by atoms with van der Waals surface area (Å²) in [5, 5.41) is 3.42. The van der Waals surface area contributed by atoms with Gasteiger partial charge < -0.3 is 5.32 Å². The molecule has 1 unspecified atom stereocenters. The van der Waals surface area contributed by atoms with Gasteiger partial charge in [-0.1, -0.05) is 70.9 Å². The van der Waals surface area contributed by atoms with Crippen LogP contribution in [-0.4, -0.2) is 13.1 Å². The zero-order valence-electron chi connectivity index (χ0n) is 15.3. The molecule has 0 bridgehead atoms. The lowest BCUT2D eigenvalue weighted by atomic mass is 9.89. The van der Waals surface area contributed by atoms with E-state index in [9.17, 15) is 0 Å². The topological polar surface area (TPSA) is 12.0 Å². The van der Waals surface area contributed by atoms with Gasteiger partial charge >= 0.3 is 0 Å². The summed E-state index contributed by atoms with van der Waals surface area (Å²) in [4.78, 5) is 0. The maximum absolute atomic E-state index is 3.42. The Morgan fingerprint density at radius 1 is 1.05 bits per heavy atom. The van der Waals surface area contributed by atoms with E-state index in [2.05, 4.69) is 63.3 Å². The Balaban J connectivity index is 0.000000235. The van der Waals surface area contributed by atoms with Gasteiger partial charge in [0.05, 0.1) is 0 Å². The summed E-state index contributed by atoms with van der Waals surface area (Å²) in [5.74, 6) is 2.60. The van der Waals surface area contributed by atoms with Crippen LogP contribution in [0.1, 0.15) is 77.7 Å². The SMILES string of the molecule is CC(C)C1CCCNC1.CCCC(CCC)c1ccccc1. The van der Waals surface area contributed by atoms with Crippen molar-refractivity contribution in [2.75, 3.05) is 13.1 Å². The molecule has 0 saturated carbocycles. The number of piperidine rings is 1. The molecule has 1 heterocycles. The molecule has 22 heavy (non-hydrogen) atoms.